The molecular weight excluding hydrogens is 206 g/mol. The Kier molecular flexibility index (Phi) is 2.11. The van der Waals surface area contributed by atoms with Crippen molar-refractivity contribution in [1.82, 2.24) is 5.32 Å². The van der Waals surface area contributed by atoms with E-state index < -0.39 is 11.0 Å². The molecule has 90 valence electrons. The number of β-amino-alcohol motifs (C(OH)–C–C–N with tert-alkyl or cyclic N) is 1. The van der Waals surface area contributed by atoms with Gasteiger partial charge >= 0.3 is 5.97 Å². The van der Waals surface area contributed by atoms with Crippen LogP contribution < -0.4 is 5.32 Å². The molecule has 1 aliphatic heterocycles. The number of methoxy groups -OCH3 is 1. The third kappa shape index (κ3) is 1.04. The van der Waals surface area contributed by atoms with Crippen LogP contribution in [-0.2, 0) is 9.53 Å². The fourth-order valence-corrected chi connectivity index (χ4v) is 4.20. The summed E-state index contributed by atoms with van der Waals surface area (Å²) in [5, 5.41) is 13.7. The van der Waals surface area contributed by atoms with Gasteiger partial charge in [-0.05, 0) is 31.1 Å². The minimum absolute atomic E-state index is 0.191. The molecule has 3 atom stereocenters. The van der Waals surface area contributed by atoms with E-state index in [1.807, 2.05) is 0 Å². The van der Waals surface area contributed by atoms with E-state index >= 15 is 0 Å². The van der Waals surface area contributed by atoms with E-state index in [0.717, 1.165) is 19.3 Å². The van der Waals surface area contributed by atoms with Gasteiger partial charge in [0.15, 0.2) is 0 Å². The number of esters is 1. The molecule has 2 aliphatic carbocycles. The summed E-state index contributed by atoms with van der Waals surface area (Å²) in [6.45, 7) is 1.07. The maximum Gasteiger partial charge on any atom is 0.315 e. The highest BCUT2D eigenvalue weighted by atomic mass is 16.5. The number of rotatable bonds is 2. The van der Waals surface area contributed by atoms with Gasteiger partial charge in [-0.15, -0.1) is 0 Å². The van der Waals surface area contributed by atoms with Crippen LogP contribution in [0.2, 0.25) is 0 Å². The van der Waals surface area contributed by atoms with Crippen molar-refractivity contribution in [3.63, 3.8) is 0 Å². The molecule has 0 radical (unpaired) electrons. The van der Waals surface area contributed by atoms with E-state index in [9.17, 15) is 9.90 Å². The van der Waals surface area contributed by atoms with E-state index in [1.165, 1.54) is 13.5 Å². The maximum atomic E-state index is 12.2. The molecule has 1 saturated heterocycles. The Morgan fingerprint density at radius 3 is 2.56 bits per heavy atom. The van der Waals surface area contributed by atoms with Crippen LogP contribution in [-0.4, -0.2) is 36.9 Å². The van der Waals surface area contributed by atoms with Crippen LogP contribution in [0.15, 0.2) is 0 Å². The van der Waals surface area contributed by atoms with Gasteiger partial charge in [0.05, 0.1) is 7.11 Å². The Hall–Kier alpha value is -0.610. The van der Waals surface area contributed by atoms with E-state index in [2.05, 4.69) is 5.32 Å². The lowest BCUT2D eigenvalue weighted by molar-refractivity contribution is -0.192. The van der Waals surface area contributed by atoms with Crippen LogP contribution in [0.3, 0.4) is 0 Å². The van der Waals surface area contributed by atoms with Gasteiger partial charge in [-0.3, -0.25) is 4.79 Å². The number of hydrogen-bond donors (Lipinski definition) is 2. The Balaban J connectivity index is 1.98. The van der Waals surface area contributed by atoms with Crippen LogP contribution in [0, 0.1) is 17.3 Å². The predicted octanol–water partition coefficient (Wildman–Crippen LogP) is 0.300. The molecule has 16 heavy (non-hydrogen) atoms. The van der Waals surface area contributed by atoms with Crippen LogP contribution in [0.4, 0.5) is 0 Å². The Labute approximate surface area is 95.4 Å². The van der Waals surface area contributed by atoms with Gasteiger partial charge in [0.2, 0.25) is 0 Å². The third-order valence-corrected chi connectivity index (χ3v) is 5.06. The lowest BCUT2D eigenvalue weighted by Gasteiger charge is -2.52. The zero-order chi connectivity index (χ0) is 11.4. The van der Waals surface area contributed by atoms with Crippen LogP contribution in [0.5, 0.6) is 0 Å². The smallest absolute Gasteiger partial charge is 0.315 e. The number of carbonyl (C=O) groups is 1. The molecular formula is C12H19NO3. The molecule has 0 spiro atoms. The summed E-state index contributed by atoms with van der Waals surface area (Å²) in [6.07, 6.45) is 4.20. The molecule has 0 amide bonds. The average molecular weight is 225 g/mol. The number of aliphatic hydroxyl groups is 1. The lowest BCUT2D eigenvalue weighted by Crippen LogP contribution is -2.72. The highest BCUT2D eigenvalue weighted by Gasteiger charge is 2.68. The topological polar surface area (TPSA) is 58.6 Å². The van der Waals surface area contributed by atoms with Crippen molar-refractivity contribution < 1.29 is 14.6 Å². The Morgan fingerprint density at radius 2 is 2.19 bits per heavy atom. The molecule has 2 N–H and O–H groups in total. The first-order valence-electron chi connectivity index (χ1n) is 6.14. The van der Waals surface area contributed by atoms with Crippen molar-refractivity contribution in [3.05, 3.63) is 0 Å². The van der Waals surface area contributed by atoms with Crippen molar-refractivity contribution in [3.8, 4) is 0 Å². The maximum absolute atomic E-state index is 12.2. The van der Waals surface area contributed by atoms with Gasteiger partial charge in [-0.25, -0.2) is 0 Å². The van der Waals surface area contributed by atoms with Crippen molar-refractivity contribution in [1.29, 1.82) is 0 Å². The molecule has 0 aromatic carbocycles. The van der Waals surface area contributed by atoms with E-state index in [4.69, 9.17) is 4.74 Å². The molecule has 2 bridgehead atoms. The molecule has 3 unspecified atom stereocenters. The van der Waals surface area contributed by atoms with Gasteiger partial charge in [0.1, 0.15) is 11.0 Å². The first kappa shape index (κ1) is 10.5. The molecule has 2 saturated carbocycles. The fraction of sp³-hybridized carbons (Fsp3) is 0.917. The van der Waals surface area contributed by atoms with Crippen molar-refractivity contribution in [2.75, 3.05) is 20.2 Å². The molecule has 3 aliphatic rings. The van der Waals surface area contributed by atoms with Gasteiger partial charge in [-0.2, -0.15) is 0 Å². The molecule has 4 heteroatoms. The average Bonchev–Trinajstić information content (AvgIpc) is 2.84. The second-order valence-electron chi connectivity index (χ2n) is 5.68. The summed E-state index contributed by atoms with van der Waals surface area (Å²) >= 11 is 0. The molecule has 3 fully saturated rings. The normalized spacial score (nSPS) is 44.1. The second-order valence-corrected chi connectivity index (χ2v) is 5.68. The van der Waals surface area contributed by atoms with E-state index in [0.29, 0.717) is 24.9 Å². The summed E-state index contributed by atoms with van der Waals surface area (Å²) in [6, 6.07) is 0. The Morgan fingerprint density at radius 1 is 1.44 bits per heavy atom. The minimum atomic E-state index is -0.861. The van der Waals surface area contributed by atoms with Gasteiger partial charge in [0.25, 0.3) is 0 Å². The van der Waals surface area contributed by atoms with Crippen molar-refractivity contribution in [2.24, 2.45) is 17.3 Å². The molecule has 4 nitrogen and oxygen atoms in total. The van der Waals surface area contributed by atoms with Gasteiger partial charge < -0.3 is 15.2 Å². The summed E-state index contributed by atoms with van der Waals surface area (Å²) in [7, 11) is 1.44. The minimum Gasteiger partial charge on any atom is -0.468 e. The predicted molar refractivity (Wildman–Crippen MR) is 57.7 cm³/mol. The summed E-state index contributed by atoms with van der Waals surface area (Å²) in [5.41, 5.74) is -1.48. The lowest BCUT2D eigenvalue weighted by atomic mass is 9.60. The molecule has 0 aromatic heterocycles. The highest BCUT2D eigenvalue weighted by molar-refractivity contribution is 5.80. The number of hydrogen-bond acceptors (Lipinski definition) is 4. The monoisotopic (exact) mass is 225 g/mol. The molecule has 0 aromatic rings. The van der Waals surface area contributed by atoms with E-state index in [1.54, 1.807) is 0 Å². The van der Waals surface area contributed by atoms with E-state index in [-0.39, 0.29) is 5.97 Å². The zero-order valence-corrected chi connectivity index (χ0v) is 9.66. The number of fused-ring (bicyclic) bond motifs is 2. The first-order valence-corrected chi connectivity index (χ1v) is 6.14. The van der Waals surface area contributed by atoms with Crippen LogP contribution in [0.1, 0.15) is 25.7 Å². The molecule has 1 heterocycles. The number of carbonyl (C=O) groups excluding carboxylic acids is 1. The standard InChI is InChI=1S/C12H19NO3/c1-16-10(14)12(11(15)6-13-7-11)5-8-2-3-9(12)4-8/h8-9,13,15H,2-7H2,1H3. The van der Waals surface area contributed by atoms with Gasteiger partial charge in [-0.1, -0.05) is 6.42 Å². The molecule has 3 rings (SSSR count). The van der Waals surface area contributed by atoms with Crippen molar-refractivity contribution >= 4 is 5.97 Å². The van der Waals surface area contributed by atoms with Crippen LogP contribution >= 0.6 is 0 Å². The summed E-state index contributed by atoms with van der Waals surface area (Å²) in [4.78, 5) is 12.2. The summed E-state index contributed by atoms with van der Waals surface area (Å²) < 4.78 is 4.99. The fourth-order valence-electron chi connectivity index (χ4n) is 4.20. The Bertz CT molecular complexity index is 326. The zero-order valence-electron chi connectivity index (χ0n) is 9.66. The second kappa shape index (κ2) is 3.20. The highest BCUT2D eigenvalue weighted by Crippen LogP contribution is 2.61. The quantitative estimate of drug-likeness (QED) is 0.664. The number of nitrogens with one attached hydrogen (secondary N) is 1. The first-order chi connectivity index (χ1) is 7.62. The number of ether oxygens (including phenoxy) is 1. The SMILES string of the molecule is COC(=O)C1(C2(O)CNC2)CC2CCC1C2. The third-order valence-electron chi connectivity index (χ3n) is 5.06. The van der Waals surface area contributed by atoms with Crippen LogP contribution in [0.25, 0.3) is 0 Å². The van der Waals surface area contributed by atoms with Crippen molar-refractivity contribution in [2.45, 2.75) is 31.3 Å². The largest absolute Gasteiger partial charge is 0.468 e. The summed E-state index contributed by atoms with van der Waals surface area (Å²) in [5.74, 6) is 0.759. The van der Waals surface area contributed by atoms with Gasteiger partial charge in [0, 0.05) is 13.1 Å².